The lowest BCUT2D eigenvalue weighted by molar-refractivity contribution is 0.376. The summed E-state index contributed by atoms with van der Waals surface area (Å²) in [4.78, 5) is 0. The van der Waals surface area contributed by atoms with Crippen LogP contribution in [0.15, 0.2) is 47.2 Å². The molecule has 0 heterocycles. The van der Waals surface area contributed by atoms with Crippen LogP contribution in [0.3, 0.4) is 0 Å². The highest BCUT2D eigenvalue weighted by Crippen LogP contribution is 2.48. The number of benzene rings is 2. The van der Waals surface area contributed by atoms with E-state index in [2.05, 4.69) is 13.1 Å². The van der Waals surface area contributed by atoms with E-state index in [0.717, 1.165) is 16.1 Å². The third-order valence-electron chi connectivity index (χ3n) is 5.16. The molecule has 0 saturated heterocycles. The molecule has 0 saturated carbocycles. The molecule has 2 aromatic carbocycles. The lowest BCUT2D eigenvalue weighted by Crippen LogP contribution is -2.30. The van der Waals surface area contributed by atoms with Gasteiger partial charge >= 0.3 is 0 Å². The van der Waals surface area contributed by atoms with Gasteiger partial charge in [0.05, 0.1) is 5.56 Å². The third-order valence-corrected chi connectivity index (χ3v) is 12.0. The number of halogens is 5. The molecule has 3 rings (SSSR count). The van der Waals surface area contributed by atoms with Crippen LogP contribution in [-0.4, -0.2) is 7.74 Å². The van der Waals surface area contributed by atoms with Crippen molar-refractivity contribution in [1.82, 2.24) is 0 Å². The zero-order valence-corrected chi connectivity index (χ0v) is 17.9. The van der Waals surface area contributed by atoms with E-state index in [1.54, 1.807) is 6.08 Å². The Morgan fingerprint density at radius 1 is 0.821 bits per heavy atom. The van der Waals surface area contributed by atoms with E-state index >= 15 is 0 Å². The van der Waals surface area contributed by atoms with Gasteiger partial charge in [0, 0.05) is 0 Å². The summed E-state index contributed by atoms with van der Waals surface area (Å²) in [6.07, 6.45) is 1.57. The molecule has 0 spiro atoms. The molecule has 2 aromatic rings. The SMILES string of the molecule is CC1=CC(c2c(F)c(F)c(F)c(F)c2F)=C([Si](C)(C)Pc2ccccc2)C1C. The molecule has 0 bridgehead atoms. The van der Waals surface area contributed by atoms with Gasteiger partial charge in [0.1, 0.15) is 7.74 Å². The highest BCUT2D eigenvalue weighted by atomic mass is 31.3. The summed E-state index contributed by atoms with van der Waals surface area (Å²) >= 11 is 0. The van der Waals surface area contributed by atoms with Crippen molar-refractivity contribution in [2.45, 2.75) is 26.9 Å². The van der Waals surface area contributed by atoms with Gasteiger partial charge in [-0.25, -0.2) is 22.0 Å². The molecule has 0 nitrogen and oxygen atoms in total. The molecule has 7 heteroatoms. The Kier molecular flexibility index (Phi) is 5.66. The molecule has 0 aromatic heterocycles. The zero-order chi connectivity index (χ0) is 20.8. The fraction of sp³-hybridized carbons (Fsp3) is 0.238. The summed E-state index contributed by atoms with van der Waals surface area (Å²) < 4.78 is 70.2. The fourth-order valence-electron chi connectivity index (χ4n) is 3.77. The Morgan fingerprint density at radius 2 is 1.32 bits per heavy atom. The van der Waals surface area contributed by atoms with Gasteiger partial charge in [0.25, 0.3) is 0 Å². The Morgan fingerprint density at radius 3 is 1.86 bits per heavy atom. The predicted octanol–water partition coefficient (Wildman–Crippen LogP) is 6.48. The van der Waals surface area contributed by atoms with Crippen LogP contribution in [0.1, 0.15) is 19.4 Å². The van der Waals surface area contributed by atoms with Crippen molar-refractivity contribution in [3.8, 4) is 0 Å². The van der Waals surface area contributed by atoms with Gasteiger partial charge in [-0.05, 0) is 23.7 Å². The van der Waals surface area contributed by atoms with E-state index < -0.39 is 42.4 Å². The van der Waals surface area contributed by atoms with Gasteiger partial charge in [-0.2, -0.15) is 0 Å². The van der Waals surface area contributed by atoms with Gasteiger partial charge < -0.3 is 0 Å². The standard InChI is InChI=1S/C21H20F5PSi/c1-11-10-14(15-16(22)18(24)20(26)19(25)17(15)23)21(12(11)2)28(3,4)27-13-8-6-5-7-9-13/h5-10,12,27H,1-4H3. The normalized spacial score (nSPS) is 17.8. The van der Waals surface area contributed by atoms with Crippen LogP contribution in [0.4, 0.5) is 22.0 Å². The predicted molar refractivity (Wildman–Crippen MR) is 108 cm³/mol. The second kappa shape index (κ2) is 7.56. The molecule has 0 radical (unpaired) electrons. The maximum absolute atomic E-state index is 14.5. The minimum absolute atomic E-state index is 0.108. The molecule has 148 valence electrons. The Balaban J connectivity index is 2.23. The van der Waals surface area contributed by atoms with Crippen molar-refractivity contribution >= 4 is 26.7 Å². The first-order valence-corrected chi connectivity index (χ1v) is 13.8. The maximum Gasteiger partial charge on any atom is 0.200 e. The molecule has 2 atom stereocenters. The van der Waals surface area contributed by atoms with E-state index in [1.807, 2.05) is 44.2 Å². The summed E-state index contributed by atoms with van der Waals surface area (Å²) in [5.74, 6) is -9.59. The van der Waals surface area contributed by atoms with Crippen LogP contribution in [0.5, 0.6) is 0 Å². The summed E-state index contributed by atoms with van der Waals surface area (Å²) in [5.41, 5.74) is 0.193. The maximum atomic E-state index is 14.5. The monoisotopic (exact) mass is 426 g/mol. The van der Waals surface area contributed by atoms with Crippen LogP contribution in [0, 0.1) is 35.0 Å². The average molecular weight is 426 g/mol. The smallest absolute Gasteiger partial charge is 0.200 e. The van der Waals surface area contributed by atoms with Crippen LogP contribution < -0.4 is 5.30 Å². The quantitative estimate of drug-likeness (QED) is 0.173. The molecular formula is C21H20F5PSi. The summed E-state index contributed by atoms with van der Waals surface area (Å²) in [6, 6.07) is 9.74. The topological polar surface area (TPSA) is 0 Å². The Hall–Kier alpha value is -1.78. The summed E-state index contributed by atoms with van der Waals surface area (Å²) in [5, 5.41) is 1.93. The highest BCUT2D eigenvalue weighted by molar-refractivity contribution is 7.88. The van der Waals surface area contributed by atoms with Crippen molar-refractivity contribution < 1.29 is 22.0 Å². The first-order chi connectivity index (χ1) is 13.1. The summed E-state index contributed by atoms with van der Waals surface area (Å²) in [7, 11) is -1.87. The van der Waals surface area contributed by atoms with Crippen LogP contribution in [0.2, 0.25) is 13.1 Å². The van der Waals surface area contributed by atoms with Crippen molar-refractivity contribution in [2.75, 3.05) is 0 Å². The molecule has 0 aliphatic heterocycles. The molecule has 0 amide bonds. The van der Waals surface area contributed by atoms with Gasteiger partial charge in [-0.3, -0.25) is 0 Å². The zero-order valence-electron chi connectivity index (χ0n) is 15.9. The second-order valence-electron chi connectivity index (χ2n) is 7.50. The number of hydrogen-bond acceptors (Lipinski definition) is 0. The van der Waals surface area contributed by atoms with Crippen molar-refractivity contribution in [3.63, 3.8) is 0 Å². The largest absolute Gasteiger partial charge is 0.203 e. The van der Waals surface area contributed by atoms with E-state index in [9.17, 15) is 22.0 Å². The molecule has 1 aliphatic carbocycles. The van der Waals surface area contributed by atoms with Gasteiger partial charge in [0.2, 0.25) is 5.82 Å². The molecule has 1 aliphatic rings. The minimum atomic E-state index is -2.27. The van der Waals surface area contributed by atoms with Crippen LogP contribution in [0.25, 0.3) is 5.57 Å². The summed E-state index contributed by atoms with van der Waals surface area (Å²) in [6.45, 7) is 7.88. The van der Waals surface area contributed by atoms with E-state index in [4.69, 9.17) is 0 Å². The van der Waals surface area contributed by atoms with E-state index in [1.165, 1.54) is 0 Å². The van der Waals surface area contributed by atoms with E-state index in [0.29, 0.717) is 8.13 Å². The first-order valence-electron chi connectivity index (χ1n) is 8.84. The number of allylic oxidation sites excluding steroid dienone is 4. The third kappa shape index (κ3) is 3.48. The Bertz CT molecular complexity index is 967. The van der Waals surface area contributed by atoms with Gasteiger partial charge in [-0.1, -0.05) is 75.3 Å². The average Bonchev–Trinajstić information content (AvgIpc) is 2.94. The lowest BCUT2D eigenvalue weighted by atomic mass is 10.0. The molecular weight excluding hydrogens is 406 g/mol. The van der Waals surface area contributed by atoms with Gasteiger partial charge in [-0.15, -0.1) is 0 Å². The van der Waals surface area contributed by atoms with E-state index in [-0.39, 0.29) is 11.5 Å². The molecule has 0 fully saturated rings. The molecule has 2 unspecified atom stereocenters. The molecule has 0 N–H and O–H groups in total. The molecule has 28 heavy (non-hydrogen) atoms. The van der Waals surface area contributed by atoms with Crippen molar-refractivity contribution in [3.05, 3.63) is 81.8 Å². The fourth-order valence-corrected chi connectivity index (χ4v) is 11.3. The minimum Gasteiger partial charge on any atom is -0.203 e. The second-order valence-corrected chi connectivity index (χ2v) is 16.6. The van der Waals surface area contributed by atoms with Crippen molar-refractivity contribution in [1.29, 1.82) is 0 Å². The number of hydrogen-bond donors (Lipinski definition) is 0. The number of rotatable bonds is 4. The van der Waals surface area contributed by atoms with Crippen LogP contribution >= 0.6 is 8.13 Å². The lowest BCUT2D eigenvalue weighted by Gasteiger charge is -2.30. The van der Waals surface area contributed by atoms with Crippen LogP contribution in [-0.2, 0) is 0 Å². The first kappa shape index (κ1) is 20.9. The van der Waals surface area contributed by atoms with Crippen molar-refractivity contribution in [2.24, 2.45) is 5.92 Å². The van der Waals surface area contributed by atoms with Gasteiger partial charge in [0.15, 0.2) is 23.3 Å². The Labute approximate surface area is 163 Å². The highest BCUT2D eigenvalue weighted by Gasteiger charge is 2.39.